The molecule has 1 N–H and O–H groups in total. The lowest BCUT2D eigenvalue weighted by atomic mass is 10.1. The molecule has 1 rings (SSSR count). The van der Waals surface area contributed by atoms with Crippen LogP contribution in [0, 0.1) is 5.92 Å². The van der Waals surface area contributed by atoms with E-state index in [1.807, 2.05) is 6.07 Å². The average Bonchev–Trinajstić information content (AvgIpc) is 2.29. The quantitative estimate of drug-likeness (QED) is 0.764. The van der Waals surface area contributed by atoms with E-state index >= 15 is 0 Å². The molecule has 0 aromatic heterocycles. The topological polar surface area (TPSA) is 21.3 Å². The third kappa shape index (κ3) is 4.77. The SMILES string of the molecule is COCC(NCCC(C)C)c1ccccc1. The summed E-state index contributed by atoms with van der Waals surface area (Å²) in [5.41, 5.74) is 1.30. The number of nitrogens with one attached hydrogen (secondary N) is 1. The van der Waals surface area contributed by atoms with Gasteiger partial charge in [0.2, 0.25) is 0 Å². The summed E-state index contributed by atoms with van der Waals surface area (Å²) in [6.45, 7) is 6.26. The van der Waals surface area contributed by atoms with Gasteiger partial charge in [-0.1, -0.05) is 44.2 Å². The normalized spacial score (nSPS) is 13.0. The van der Waals surface area contributed by atoms with Gasteiger partial charge in [-0.15, -0.1) is 0 Å². The standard InChI is InChI=1S/C14H23NO/c1-12(2)9-10-15-14(11-16-3)13-7-5-4-6-8-13/h4-8,12,14-15H,9-11H2,1-3H3. The fourth-order valence-corrected chi connectivity index (χ4v) is 1.67. The van der Waals surface area contributed by atoms with Crippen molar-refractivity contribution in [3.8, 4) is 0 Å². The van der Waals surface area contributed by atoms with Gasteiger partial charge >= 0.3 is 0 Å². The summed E-state index contributed by atoms with van der Waals surface area (Å²) >= 11 is 0. The molecule has 0 aliphatic rings. The van der Waals surface area contributed by atoms with Crippen LogP contribution in [0.4, 0.5) is 0 Å². The fourth-order valence-electron chi connectivity index (χ4n) is 1.67. The lowest BCUT2D eigenvalue weighted by Crippen LogP contribution is -2.26. The molecule has 1 aromatic rings. The van der Waals surface area contributed by atoms with Crippen LogP contribution < -0.4 is 5.32 Å². The van der Waals surface area contributed by atoms with E-state index in [-0.39, 0.29) is 0 Å². The maximum absolute atomic E-state index is 5.25. The zero-order valence-corrected chi connectivity index (χ0v) is 10.6. The highest BCUT2D eigenvalue weighted by molar-refractivity contribution is 5.18. The van der Waals surface area contributed by atoms with Crippen LogP contribution in [-0.2, 0) is 4.74 Å². The van der Waals surface area contributed by atoms with Crippen molar-refractivity contribution in [2.45, 2.75) is 26.3 Å². The summed E-state index contributed by atoms with van der Waals surface area (Å²) in [4.78, 5) is 0. The minimum Gasteiger partial charge on any atom is -0.383 e. The highest BCUT2D eigenvalue weighted by atomic mass is 16.5. The second-order valence-corrected chi connectivity index (χ2v) is 4.56. The Morgan fingerprint density at radius 1 is 1.19 bits per heavy atom. The molecule has 0 saturated heterocycles. The van der Waals surface area contributed by atoms with Crippen molar-refractivity contribution in [3.63, 3.8) is 0 Å². The van der Waals surface area contributed by atoms with Crippen LogP contribution in [0.5, 0.6) is 0 Å². The molecule has 1 unspecified atom stereocenters. The van der Waals surface area contributed by atoms with Gasteiger partial charge in [0, 0.05) is 7.11 Å². The maximum atomic E-state index is 5.25. The zero-order valence-electron chi connectivity index (χ0n) is 10.6. The number of hydrogen-bond donors (Lipinski definition) is 1. The number of rotatable bonds is 7. The molecule has 2 nitrogen and oxygen atoms in total. The highest BCUT2D eigenvalue weighted by Crippen LogP contribution is 2.13. The zero-order chi connectivity index (χ0) is 11.8. The van der Waals surface area contributed by atoms with Crippen molar-refractivity contribution >= 4 is 0 Å². The molecule has 1 aromatic carbocycles. The molecule has 16 heavy (non-hydrogen) atoms. The highest BCUT2D eigenvalue weighted by Gasteiger charge is 2.09. The third-order valence-corrected chi connectivity index (χ3v) is 2.65. The summed E-state index contributed by atoms with van der Waals surface area (Å²) in [5, 5.41) is 3.54. The Morgan fingerprint density at radius 3 is 2.44 bits per heavy atom. The molecule has 0 aliphatic carbocycles. The van der Waals surface area contributed by atoms with Crippen LogP contribution in [0.25, 0.3) is 0 Å². The first-order valence-electron chi connectivity index (χ1n) is 6.01. The summed E-state index contributed by atoms with van der Waals surface area (Å²) in [6, 6.07) is 10.8. The molecule has 90 valence electrons. The van der Waals surface area contributed by atoms with Crippen molar-refractivity contribution in [1.82, 2.24) is 5.32 Å². The predicted octanol–water partition coefficient (Wildman–Crippen LogP) is 3.01. The molecule has 0 aliphatic heterocycles. The van der Waals surface area contributed by atoms with Crippen LogP contribution in [-0.4, -0.2) is 20.3 Å². The molecular formula is C14H23NO. The Kier molecular flexibility index (Phi) is 6.12. The molecule has 0 radical (unpaired) electrons. The van der Waals surface area contributed by atoms with Crippen LogP contribution >= 0.6 is 0 Å². The molecule has 0 amide bonds. The van der Waals surface area contributed by atoms with Crippen molar-refractivity contribution < 1.29 is 4.74 Å². The number of ether oxygens (including phenoxy) is 1. The van der Waals surface area contributed by atoms with Gasteiger partial charge in [-0.2, -0.15) is 0 Å². The Hall–Kier alpha value is -0.860. The molecule has 0 bridgehead atoms. The largest absolute Gasteiger partial charge is 0.383 e. The van der Waals surface area contributed by atoms with E-state index in [2.05, 4.69) is 43.4 Å². The Balaban J connectivity index is 2.48. The van der Waals surface area contributed by atoms with E-state index in [1.165, 1.54) is 12.0 Å². The Bertz CT molecular complexity index is 271. The van der Waals surface area contributed by atoms with Gasteiger partial charge in [-0.05, 0) is 24.4 Å². The monoisotopic (exact) mass is 221 g/mol. The summed E-state index contributed by atoms with van der Waals surface area (Å²) < 4.78 is 5.25. The Morgan fingerprint density at radius 2 is 1.88 bits per heavy atom. The van der Waals surface area contributed by atoms with Gasteiger partial charge in [0.05, 0.1) is 12.6 Å². The molecule has 0 fully saturated rings. The van der Waals surface area contributed by atoms with Crippen LogP contribution in [0.2, 0.25) is 0 Å². The predicted molar refractivity (Wildman–Crippen MR) is 68.5 cm³/mol. The van der Waals surface area contributed by atoms with Crippen LogP contribution in [0.3, 0.4) is 0 Å². The maximum Gasteiger partial charge on any atom is 0.0657 e. The van der Waals surface area contributed by atoms with Crippen molar-refractivity contribution in [2.24, 2.45) is 5.92 Å². The van der Waals surface area contributed by atoms with Gasteiger partial charge in [-0.25, -0.2) is 0 Å². The molecular weight excluding hydrogens is 198 g/mol. The second-order valence-electron chi connectivity index (χ2n) is 4.56. The second kappa shape index (κ2) is 7.42. The summed E-state index contributed by atoms with van der Waals surface area (Å²) in [7, 11) is 1.75. The summed E-state index contributed by atoms with van der Waals surface area (Å²) in [6.07, 6.45) is 1.20. The van der Waals surface area contributed by atoms with Gasteiger partial charge in [0.25, 0.3) is 0 Å². The van der Waals surface area contributed by atoms with E-state index in [0.29, 0.717) is 6.04 Å². The fraction of sp³-hybridized carbons (Fsp3) is 0.571. The molecule has 0 heterocycles. The van der Waals surface area contributed by atoms with Crippen molar-refractivity contribution in [3.05, 3.63) is 35.9 Å². The van der Waals surface area contributed by atoms with Gasteiger partial charge in [-0.3, -0.25) is 0 Å². The third-order valence-electron chi connectivity index (χ3n) is 2.65. The Labute approximate surface area is 99.0 Å². The lowest BCUT2D eigenvalue weighted by Gasteiger charge is -2.19. The first kappa shape index (κ1) is 13.2. The van der Waals surface area contributed by atoms with Crippen molar-refractivity contribution in [2.75, 3.05) is 20.3 Å². The van der Waals surface area contributed by atoms with E-state index in [9.17, 15) is 0 Å². The number of hydrogen-bond acceptors (Lipinski definition) is 2. The smallest absolute Gasteiger partial charge is 0.0657 e. The van der Waals surface area contributed by atoms with Gasteiger partial charge in [0.1, 0.15) is 0 Å². The minimum absolute atomic E-state index is 0.310. The number of benzene rings is 1. The minimum atomic E-state index is 0.310. The van der Waals surface area contributed by atoms with Gasteiger partial charge in [0.15, 0.2) is 0 Å². The lowest BCUT2D eigenvalue weighted by molar-refractivity contribution is 0.166. The van der Waals surface area contributed by atoms with E-state index in [4.69, 9.17) is 4.74 Å². The van der Waals surface area contributed by atoms with E-state index in [0.717, 1.165) is 19.1 Å². The van der Waals surface area contributed by atoms with Crippen LogP contribution in [0.1, 0.15) is 31.9 Å². The summed E-state index contributed by atoms with van der Waals surface area (Å²) in [5.74, 6) is 0.742. The molecule has 0 spiro atoms. The number of methoxy groups -OCH3 is 1. The first-order chi connectivity index (χ1) is 7.74. The molecule has 1 atom stereocenters. The van der Waals surface area contributed by atoms with Crippen molar-refractivity contribution in [1.29, 1.82) is 0 Å². The van der Waals surface area contributed by atoms with Crippen LogP contribution in [0.15, 0.2) is 30.3 Å². The first-order valence-corrected chi connectivity index (χ1v) is 6.01. The van der Waals surface area contributed by atoms with E-state index in [1.54, 1.807) is 7.11 Å². The molecule has 0 saturated carbocycles. The molecule has 2 heteroatoms. The van der Waals surface area contributed by atoms with E-state index < -0.39 is 0 Å². The average molecular weight is 221 g/mol. The van der Waals surface area contributed by atoms with Gasteiger partial charge < -0.3 is 10.1 Å².